The van der Waals surface area contributed by atoms with Crippen molar-refractivity contribution < 1.29 is 8.42 Å². The number of hydrogen-bond donors (Lipinski definition) is 1. The van der Waals surface area contributed by atoms with Crippen molar-refractivity contribution in [2.75, 3.05) is 20.1 Å². The molecule has 0 atom stereocenters. The molecule has 0 aliphatic carbocycles. The fourth-order valence-corrected chi connectivity index (χ4v) is 3.54. The predicted octanol–water partition coefficient (Wildman–Crippen LogP) is 0.273. The Morgan fingerprint density at radius 3 is 2.50 bits per heavy atom. The Hall–Kier alpha value is -1.10. The molecule has 1 aliphatic rings. The maximum atomic E-state index is 12.0. The van der Waals surface area contributed by atoms with Gasteiger partial charge < -0.3 is 5.01 Å². The number of hydrazine groups is 1. The molecule has 1 N–H and O–H groups in total. The van der Waals surface area contributed by atoms with Crippen LogP contribution in [0.5, 0.6) is 0 Å². The highest BCUT2D eigenvalue weighted by Gasteiger charge is 2.51. The largest absolute Gasteiger partial charge is 0.307 e. The minimum Gasteiger partial charge on any atom is -0.307 e. The van der Waals surface area contributed by atoms with Crippen LogP contribution in [0, 0.1) is 11.3 Å². The Bertz CT molecular complexity index is 446. The summed E-state index contributed by atoms with van der Waals surface area (Å²) in [6, 6.07) is 2.11. The first-order valence-electron chi connectivity index (χ1n) is 5.79. The second-order valence-corrected chi connectivity index (χ2v) is 7.19. The van der Waals surface area contributed by atoms with Crippen molar-refractivity contribution in [2.24, 2.45) is 0 Å². The summed E-state index contributed by atoms with van der Waals surface area (Å²) in [7, 11) is -1.52. The van der Waals surface area contributed by atoms with Gasteiger partial charge >= 0.3 is 0 Å². The third-order valence-corrected chi connectivity index (χ3v) is 5.41. The monoisotopic (exact) mass is 272 g/mol. The summed E-state index contributed by atoms with van der Waals surface area (Å²) in [5, 5.41) is 10.2. The molecule has 18 heavy (non-hydrogen) atoms. The number of nitriles is 1. The number of sulfonamides is 1. The zero-order valence-electron chi connectivity index (χ0n) is 11.0. The Morgan fingerprint density at radius 2 is 2.17 bits per heavy atom. The second kappa shape index (κ2) is 5.26. The van der Waals surface area contributed by atoms with Crippen LogP contribution in [0.25, 0.3) is 0 Å². The topological polar surface area (TPSA) is 76.4 Å². The maximum Gasteiger partial charge on any atom is 0.216 e. The van der Waals surface area contributed by atoms with Gasteiger partial charge in [0.15, 0.2) is 0 Å². The summed E-state index contributed by atoms with van der Waals surface area (Å²) in [5.41, 5.74) is 2.42. The lowest BCUT2D eigenvalue weighted by Gasteiger charge is -2.53. The van der Waals surface area contributed by atoms with Gasteiger partial charge in [0.25, 0.3) is 0 Å². The van der Waals surface area contributed by atoms with Gasteiger partial charge in [-0.2, -0.15) is 9.57 Å². The molecule has 0 aromatic heterocycles. The van der Waals surface area contributed by atoms with Gasteiger partial charge in [-0.05, 0) is 13.8 Å². The van der Waals surface area contributed by atoms with E-state index in [1.807, 2.05) is 0 Å². The molecule has 0 spiro atoms. The average molecular weight is 272 g/mol. The first-order valence-corrected chi connectivity index (χ1v) is 7.29. The molecule has 0 amide bonds. The van der Waals surface area contributed by atoms with Crippen LogP contribution < -0.4 is 5.43 Å². The number of hydrogen-bond acceptors (Lipinski definition) is 5. The van der Waals surface area contributed by atoms with E-state index in [0.29, 0.717) is 13.1 Å². The van der Waals surface area contributed by atoms with Gasteiger partial charge in [-0.15, -0.1) is 0 Å². The Balaban J connectivity index is 2.87. The quantitative estimate of drug-likeness (QED) is 0.703. The van der Waals surface area contributed by atoms with Crippen LogP contribution in [0.15, 0.2) is 12.8 Å². The first-order chi connectivity index (χ1) is 8.34. The molecule has 0 radical (unpaired) electrons. The van der Waals surface area contributed by atoms with Crippen molar-refractivity contribution in [3.8, 4) is 6.07 Å². The molecule has 102 valence electrons. The number of nitrogens with one attached hydrogen (secondary N) is 1. The van der Waals surface area contributed by atoms with E-state index in [9.17, 15) is 8.42 Å². The van der Waals surface area contributed by atoms with Crippen LogP contribution in [0.2, 0.25) is 0 Å². The van der Waals surface area contributed by atoms with E-state index in [1.54, 1.807) is 32.1 Å². The molecule has 0 aromatic rings. The van der Waals surface area contributed by atoms with E-state index >= 15 is 0 Å². The fraction of sp³-hybridized carbons (Fsp3) is 0.727. The van der Waals surface area contributed by atoms with E-state index in [2.05, 4.69) is 18.1 Å². The summed E-state index contributed by atoms with van der Waals surface area (Å²) in [4.78, 5) is 0. The van der Waals surface area contributed by atoms with Gasteiger partial charge in [0, 0.05) is 26.3 Å². The molecule has 1 aliphatic heterocycles. The lowest BCUT2D eigenvalue weighted by atomic mass is 9.88. The van der Waals surface area contributed by atoms with Crippen molar-refractivity contribution >= 4 is 10.0 Å². The first kappa shape index (κ1) is 15.0. The molecule has 0 saturated carbocycles. The molecule has 7 heteroatoms. The summed E-state index contributed by atoms with van der Waals surface area (Å²) in [6.07, 6.45) is 1.83. The van der Waals surface area contributed by atoms with Crippen LogP contribution in [-0.2, 0) is 10.0 Å². The minimum atomic E-state index is -3.24. The summed E-state index contributed by atoms with van der Waals surface area (Å²) in [5.74, 6) is 0. The standard InChI is InChI=1S/C11H20N4O2S/c1-5-15(13-4)11(6-7-12)8-14(9-11)18(16,17)10(2)3/h5,10,13H,1,6,8-9H2,2-4H3. The van der Waals surface area contributed by atoms with E-state index in [0.717, 1.165) is 0 Å². The predicted molar refractivity (Wildman–Crippen MR) is 69.7 cm³/mol. The SMILES string of the molecule is C=CN(NC)C1(CC#N)CN(S(=O)(=O)C(C)C)C1. The van der Waals surface area contributed by atoms with Crippen LogP contribution in [0.3, 0.4) is 0 Å². The van der Waals surface area contributed by atoms with Crippen molar-refractivity contribution in [3.63, 3.8) is 0 Å². The van der Waals surface area contributed by atoms with Gasteiger partial charge in [-0.25, -0.2) is 13.8 Å². The van der Waals surface area contributed by atoms with Gasteiger partial charge in [0.1, 0.15) is 0 Å². The van der Waals surface area contributed by atoms with Crippen LogP contribution in [-0.4, -0.2) is 48.7 Å². The normalized spacial score (nSPS) is 19.1. The molecule has 1 fully saturated rings. The van der Waals surface area contributed by atoms with E-state index < -0.39 is 20.8 Å². The molecule has 0 unspecified atom stereocenters. The molecular weight excluding hydrogens is 252 g/mol. The molecule has 1 heterocycles. The van der Waals surface area contributed by atoms with Crippen molar-refractivity contribution in [1.82, 2.24) is 14.7 Å². The second-order valence-electron chi connectivity index (χ2n) is 4.70. The van der Waals surface area contributed by atoms with Crippen LogP contribution in [0.1, 0.15) is 20.3 Å². The highest BCUT2D eigenvalue weighted by atomic mass is 32.2. The molecule has 6 nitrogen and oxygen atoms in total. The Morgan fingerprint density at radius 1 is 1.61 bits per heavy atom. The third-order valence-electron chi connectivity index (χ3n) is 3.24. The molecule has 0 aromatic carbocycles. The summed E-state index contributed by atoms with van der Waals surface area (Å²) in [6.45, 7) is 7.61. The lowest BCUT2D eigenvalue weighted by molar-refractivity contribution is -0.00333. The molecular formula is C11H20N4O2S. The summed E-state index contributed by atoms with van der Waals surface area (Å²) < 4.78 is 25.4. The van der Waals surface area contributed by atoms with Crippen LogP contribution in [0.4, 0.5) is 0 Å². The van der Waals surface area contributed by atoms with Gasteiger partial charge in [0.05, 0.1) is 23.3 Å². The Labute approximate surface area is 109 Å². The van der Waals surface area contributed by atoms with E-state index in [-0.39, 0.29) is 6.42 Å². The highest BCUT2D eigenvalue weighted by Crippen LogP contribution is 2.33. The van der Waals surface area contributed by atoms with Crippen molar-refractivity contribution in [1.29, 1.82) is 5.26 Å². The fourth-order valence-electron chi connectivity index (χ4n) is 2.11. The summed E-state index contributed by atoms with van der Waals surface area (Å²) >= 11 is 0. The molecule has 0 bridgehead atoms. The third kappa shape index (κ3) is 2.36. The van der Waals surface area contributed by atoms with Gasteiger partial charge in [0.2, 0.25) is 10.0 Å². The zero-order chi connectivity index (χ0) is 14.0. The van der Waals surface area contributed by atoms with Crippen molar-refractivity contribution in [2.45, 2.75) is 31.1 Å². The lowest BCUT2D eigenvalue weighted by Crippen LogP contribution is -2.72. The molecule has 1 rings (SSSR count). The molecule has 1 saturated heterocycles. The van der Waals surface area contributed by atoms with Gasteiger partial charge in [-0.3, -0.25) is 0 Å². The smallest absolute Gasteiger partial charge is 0.216 e. The maximum absolute atomic E-state index is 12.0. The van der Waals surface area contributed by atoms with E-state index in [4.69, 9.17) is 5.26 Å². The average Bonchev–Trinajstić information content (AvgIpc) is 2.25. The zero-order valence-corrected chi connectivity index (χ0v) is 11.9. The number of rotatable bonds is 6. The highest BCUT2D eigenvalue weighted by molar-refractivity contribution is 7.89. The minimum absolute atomic E-state index is 0.254. The van der Waals surface area contributed by atoms with Crippen molar-refractivity contribution in [3.05, 3.63) is 12.8 Å². The Kier molecular flexibility index (Phi) is 4.37. The van der Waals surface area contributed by atoms with E-state index in [1.165, 1.54) is 4.31 Å². The van der Waals surface area contributed by atoms with Gasteiger partial charge in [-0.1, -0.05) is 6.58 Å². The number of nitrogens with zero attached hydrogens (tertiary/aromatic N) is 3. The van der Waals surface area contributed by atoms with Crippen LogP contribution >= 0.6 is 0 Å².